The first-order valence-corrected chi connectivity index (χ1v) is 12.3. The van der Waals surface area contributed by atoms with E-state index >= 15 is 0 Å². The summed E-state index contributed by atoms with van der Waals surface area (Å²) in [7, 11) is 2.53. The maximum atomic E-state index is 13.8. The number of methoxy groups -OCH3 is 2. The summed E-state index contributed by atoms with van der Waals surface area (Å²) in [5, 5.41) is 10.5. The third kappa shape index (κ3) is 4.38. The Morgan fingerprint density at radius 3 is 2.30 bits per heavy atom. The number of esters is 1. The van der Waals surface area contributed by atoms with Crippen molar-refractivity contribution in [3.05, 3.63) is 47.0 Å². The number of Topliss-reactive ketones (excluding diaryl/α,β-unsaturated/α-hetero) is 3. The van der Waals surface area contributed by atoms with Gasteiger partial charge in [0, 0.05) is 11.8 Å². The van der Waals surface area contributed by atoms with Crippen molar-refractivity contribution < 1.29 is 44.0 Å². The van der Waals surface area contributed by atoms with E-state index in [1.54, 1.807) is 52.8 Å². The standard InChI is InChI=1S/C28H36O8.H2O/c1-9-10-11-12-13-27(5)24(31)18(26(33)35-8)22(36-27)20-15(3)17-21(30)23(34-7)19(14(2)16(4)29)28(20,6)25(17)32;/h10-17,20,29H,9H2,1-8H3;1H2/b11-10+,13-12+;/t14-,15+,16-,17+,20+,27-,28+;/m1./s1. The second kappa shape index (κ2) is 10.8. The number of carbonyl (C=O) groups excluding carboxylic acids is 4. The SMILES string of the molecule is CC/C=C/C=C/[C@@]1(C)OC([C@@H]2[C@@H](C)[C@H]3C(=O)C(OC)=C([C@H](C)[C@@H](C)O)[C@]2(C)C3=O)=C(C(=O)OC)C1=O.O. The van der Waals surface area contributed by atoms with Crippen LogP contribution in [0.3, 0.4) is 0 Å². The van der Waals surface area contributed by atoms with Gasteiger partial charge in [-0.05, 0) is 44.8 Å². The Kier molecular flexibility index (Phi) is 8.77. The van der Waals surface area contributed by atoms with Crippen molar-refractivity contribution in [2.75, 3.05) is 14.2 Å². The van der Waals surface area contributed by atoms with Crippen LogP contribution in [0.4, 0.5) is 0 Å². The van der Waals surface area contributed by atoms with Gasteiger partial charge in [-0.3, -0.25) is 14.4 Å². The van der Waals surface area contributed by atoms with Crippen molar-refractivity contribution in [1.29, 1.82) is 0 Å². The highest BCUT2D eigenvalue weighted by molar-refractivity contribution is 6.23. The molecule has 7 atom stereocenters. The number of hydrogen-bond acceptors (Lipinski definition) is 8. The highest BCUT2D eigenvalue weighted by Gasteiger charge is 2.68. The Labute approximate surface area is 217 Å². The number of rotatable bonds is 8. The Morgan fingerprint density at radius 1 is 1.16 bits per heavy atom. The van der Waals surface area contributed by atoms with E-state index in [0.717, 1.165) is 6.42 Å². The first kappa shape index (κ1) is 30.2. The maximum absolute atomic E-state index is 13.8. The molecule has 0 aromatic heterocycles. The number of ether oxygens (including phenoxy) is 3. The molecule has 204 valence electrons. The van der Waals surface area contributed by atoms with E-state index in [0.29, 0.717) is 5.57 Å². The van der Waals surface area contributed by atoms with Crippen LogP contribution in [0.2, 0.25) is 0 Å². The van der Waals surface area contributed by atoms with Gasteiger partial charge in [-0.1, -0.05) is 39.0 Å². The van der Waals surface area contributed by atoms with Gasteiger partial charge in [-0.2, -0.15) is 0 Å². The Bertz CT molecular complexity index is 1110. The minimum atomic E-state index is -1.50. The van der Waals surface area contributed by atoms with E-state index < -0.39 is 58.3 Å². The average Bonchev–Trinajstić information content (AvgIpc) is 3.16. The van der Waals surface area contributed by atoms with Gasteiger partial charge < -0.3 is 24.8 Å². The molecule has 0 unspecified atom stereocenters. The Balaban J connectivity index is 0.00000481. The lowest BCUT2D eigenvalue weighted by Gasteiger charge is -2.40. The van der Waals surface area contributed by atoms with Crippen molar-refractivity contribution in [3.8, 4) is 0 Å². The normalized spacial score (nSPS) is 33.2. The van der Waals surface area contributed by atoms with Crippen LogP contribution in [0.1, 0.15) is 48.0 Å². The van der Waals surface area contributed by atoms with Gasteiger partial charge in [0.15, 0.2) is 17.1 Å². The van der Waals surface area contributed by atoms with Crippen LogP contribution < -0.4 is 0 Å². The van der Waals surface area contributed by atoms with E-state index in [4.69, 9.17) is 14.2 Å². The van der Waals surface area contributed by atoms with Crippen LogP contribution >= 0.6 is 0 Å². The third-order valence-electron chi connectivity index (χ3n) is 7.98. The van der Waals surface area contributed by atoms with Crippen LogP contribution in [0.25, 0.3) is 0 Å². The summed E-state index contributed by atoms with van der Waals surface area (Å²) >= 11 is 0. The second-order valence-electron chi connectivity index (χ2n) is 10.2. The van der Waals surface area contributed by atoms with Gasteiger partial charge in [0.1, 0.15) is 11.3 Å². The first-order chi connectivity index (χ1) is 16.8. The van der Waals surface area contributed by atoms with Gasteiger partial charge in [0.25, 0.3) is 0 Å². The first-order valence-electron chi connectivity index (χ1n) is 12.3. The van der Waals surface area contributed by atoms with Gasteiger partial charge in [0.2, 0.25) is 11.6 Å². The average molecular weight is 519 g/mol. The molecule has 0 amide bonds. The fraction of sp³-hybridized carbons (Fsp3) is 0.571. The minimum absolute atomic E-state index is 0. The van der Waals surface area contributed by atoms with Gasteiger partial charge in [0.05, 0.1) is 31.7 Å². The number of ketones is 3. The van der Waals surface area contributed by atoms with Gasteiger partial charge in [-0.25, -0.2) is 4.79 Å². The largest absolute Gasteiger partial charge is 0.493 e. The molecule has 2 bridgehead atoms. The quantitative estimate of drug-likeness (QED) is 0.223. The number of fused-ring (bicyclic) bond motifs is 2. The van der Waals surface area contributed by atoms with E-state index in [-0.39, 0.29) is 28.4 Å². The molecule has 3 aliphatic rings. The highest BCUT2D eigenvalue weighted by Crippen LogP contribution is 2.62. The van der Waals surface area contributed by atoms with Crippen LogP contribution in [-0.4, -0.2) is 59.8 Å². The fourth-order valence-corrected chi connectivity index (χ4v) is 6.00. The lowest BCUT2D eigenvalue weighted by Crippen LogP contribution is -2.44. The molecule has 0 saturated heterocycles. The van der Waals surface area contributed by atoms with Crippen molar-refractivity contribution in [2.24, 2.45) is 29.1 Å². The van der Waals surface area contributed by atoms with E-state index in [2.05, 4.69) is 0 Å². The molecule has 2 aliphatic carbocycles. The van der Waals surface area contributed by atoms with Crippen LogP contribution in [-0.2, 0) is 33.4 Å². The Morgan fingerprint density at radius 2 is 1.78 bits per heavy atom. The zero-order chi connectivity index (χ0) is 27.2. The van der Waals surface area contributed by atoms with Crippen molar-refractivity contribution in [1.82, 2.24) is 0 Å². The summed E-state index contributed by atoms with van der Waals surface area (Å²) in [6, 6.07) is 0. The summed E-state index contributed by atoms with van der Waals surface area (Å²) in [4.78, 5) is 53.7. The molecule has 1 aliphatic heterocycles. The zero-order valence-electron chi connectivity index (χ0n) is 22.7. The molecule has 0 aromatic carbocycles. The predicted octanol–water partition coefficient (Wildman–Crippen LogP) is 2.43. The minimum Gasteiger partial charge on any atom is -0.493 e. The molecule has 37 heavy (non-hydrogen) atoms. The molecule has 9 heteroatoms. The molecule has 1 saturated carbocycles. The third-order valence-corrected chi connectivity index (χ3v) is 7.98. The van der Waals surface area contributed by atoms with Crippen molar-refractivity contribution in [2.45, 2.75) is 59.7 Å². The monoisotopic (exact) mass is 518 g/mol. The van der Waals surface area contributed by atoms with Crippen LogP contribution in [0.15, 0.2) is 47.0 Å². The number of hydrogen-bond donors (Lipinski definition) is 1. The van der Waals surface area contributed by atoms with E-state index in [1.807, 2.05) is 13.0 Å². The maximum Gasteiger partial charge on any atom is 0.345 e. The van der Waals surface area contributed by atoms with Gasteiger partial charge >= 0.3 is 5.97 Å². The summed E-state index contributed by atoms with van der Waals surface area (Å²) in [6.07, 6.45) is 6.84. The van der Waals surface area contributed by atoms with Crippen LogP contribution in [0.5, 0.6) is 0 Å². The van der Waals surface area contributed by atoms with Crippen LogP contribution in [0, 0.1) is 29.1 Å². The number of allylic oxidation sites excluding steroid dienone is 5. The van der Waals surface area contributed by atoms with E-state index in [9.17, 15) is 24.3 Å². The Hall–Kier alpha value is -3.04. The second-order valence-corrected chi connectivity index (χ2v) is 10.2. The lowest BCUT2D eigenvalue weighted by atomic mass is 9.64. The number of carbonyl (C=O) groups is 4. The smallest absolute Gasteiger partial charge is 0.345 e. The fourth-order valence-electron chi connectivity index (χ4n) is 6.00. The van der Waals surface area contributed by atoms with Gasteiger partial charge in [-0.15, -0.1) is 0 Å². The summed E-state index contributed by atoms with van der Waals surface area (Å²) in [5.41, 5.74) is -2.77. The summed E-state index contributed by atoms with van der Waals surface area (Å²) < 4.78 is 16.7. The predicted molar refractivity (Wildman–Crippen MR) is 135 cm³/mol. The zero-order valence-corrected chi connectivity index (χ0v) is 22.7. The molecule has 0 spiro atoms. The highest BCUT2D eigenvalue weighted by atomic mass is 16.5. The molecule has 1 heterocycles. The number of aliphatic hydroxyl groups excluding tert-OH is 1. The van der Waals surface area contributed by atoms with Crippen molar-refractivity contribution >= 4 is 23.3 Å². The van der Waals surface area contributed by atoms with Crippen molar-refractivity contribution in [3.63, 3.8) is 0 Å². The molecule has 3 N–H and O–H groups in total. The molecule has 9 nitrogen and oxygen atoms in total. The molecular formula is C28H38O9. The number of aliphatic hydroxyl groups is 1. The molecule has 1 fully saturated rings. The topological polar surface area (TPSA) is 148 Å². The van der Waals surface area contributed by atoms with E-state index in [1.165, 1.54) is 14.2 Å². The summed E-state index contributed by atoms with van der Waals surface area (Å²) in [6.45, 7) is 10.2. The molecule has 0 aromatic rings. The molecular weight excluding hydrogens is 480 g/mol. The molecule has 0 radical (unpaired) electrons. The summed E-state index contributed by atoms with van der Waals surface area (Å²) in [5.74, 6) is -5.25. The lowest BCUT2D eigenvalue weighted by molar-refractivity contribution is -0.139. The molecule has 3 rings (SSSR count).